The third-order valence-corrected chi connectivity index (χ3v) is 6.94. The molecule has 1 heterocycles. The van der Waals surface area contributed by atoms with Gasteiger partial charge in [0.1, 0.15) is 0 Å². The van der Waals surface area contributed by atoms with E-state index in [4.69, 9.17) is 11.6 Å². The van der Waals surface area contributed by atoms with Gasteiger partial charge in [0.05, 0.1) is 5.25 Å². The first kappa shape index (κ1) is 19.6. The van der Waals surface area contributed by atoms with E-state index in [1.54, 1.807) is 17.8 Å². The van der Waals surface area contributed by atoms with E-state index >= 15 is 0 Å². The molecule has 0 aliphatic heterocycles. The van der Waals surface area contributed by atoms with Gasteiger partial charge in [0.15, 0.2) is 8.68 Å². The van der Waals surface area contributed by atoms with Crippen molar-refractivity contribution in [2.24, 2.45) is 5.92 Å². The van der Waals surface area contributed by atoms with Gasteiger partial charge in [-0.3, -0.25) is 4.79 Å². The van der Waals surface area contributed by atoms with Gasteiger partial charge in [0.2, 0.25) is 5.91 Å². The number of nitrogens with zero attached hydrogens (tertiary/aromatic N) is 2. The van der Waals surface area contributed by atoms with Crippen molar-refractivity contribution in [3.63, 3.8) is 0 Å². The summed E-state index contributed by atoms with van der Waals surface area (Å²) in [7, 11) is 0. The van der Waals surface area contributed by atoms with Crippen LogP contribution in [-0.4, -0.2) is 27.1 Å². The second-order valence-electron chi connectivity index (χ2n) is 5.75. The number of amides is 1. The number of aryl methyl sites for hydroxylation is 1. The van der Waals surface area contributed by atoms with E-state index in [9.17, 15) is 4.79 Å². The molecule has 0 saturated carbocycles. The summed E-state index contributed by atoms with van der Waals surface area (Å²) in [6, 6.07) is 5.46. The number of benzene rings is 1. The van der Waals surface area contributed by atoms with Crippen LogP contribution in [0.4, 0.5) is 5.69 Å². The molecule has 0 aliphatic rings. The maximum atomic E-state index is 12.4. The van der Waals surface area contributed by atoms with Crippen LogP contribution in [0.25, 0.3) is 0 Å². The molecule has 1 aromatic carbocycles. The minimum atomic E-state index is -0.265. The summed E-state index contributed by atoms with van der Waals surface area (Å²) in [5, 5.41) is 11.6. The van der Waals surface area contributed by atoms with E-state index < -0.39 is 0 Å². The lowest BCUT2D eigenvalue weighted by molar-refractivity contribution is -0.115. The molecule has 1 aromatic heterocycles. The molecule has 1 N–H and O–H groups in total. The third kappa shape index (κ3) is 5.95. The minimum absolute atomic E-state index is 0.0723. The highest BCUT2D eigenvalue weighted by molar-refractivity contribution is 8.03. The summed E-state index contributed by atoms with van der Waals surface area (Å²) >= 11 is 10.7. The smallest absolute Gasteiger partial charge is 0.237 e. The molecule has 24 heavy (non-hydrogen) atoms. The number of hydrogen-bond acceptors (Lipinski definition) is 6. The summed E-state index contributed by atoms with van der Waals surface area (Å²) < 4.78 is 1.76. The van der Waals surface area contributed by atoms with Crippen molar-refractivity contribution in [2.75, 3.05) is 11.1 Å². The third-order valence-electron chi connectivity index (χ3n) is 3.03. The molecule has 0 bridgehead atoms. The highest BCUT2D eigenvalue weighted by Gasteiger charge is 2.18. The molecule has 0 radical (unpaired) electrons. The van der Waals surface area contributed by atoms with Gasteiger partial charge in [-0.1, -0.05) is 66.4 Å². The Morgan fingerprint density at radius 2 is 2.00 bits per heavy atom. The van der Waals surface area contributed by atoms with Gasteiger partial charge < -0.3 is 5.32 Å². The fourth-order valence-corrected chi connectivity index (χ4v) is 5.02. The van der Waals surface area contributed by atoms with Crippen molar-refractivity contribution < 1.29 is 4.79 Å². The van der Waals surface area contributed by atoms with E-state index in [1.807, 2.05) is 26.0 Å². The SMILES string of the molecule is Cc1ccc(Cl)cc1NC(=O)[C@H](C)Sc1nnc(SCC(C)C)s1. The Kier molecular flexibility index (Phi) is 7.40. The van der Waals surface area contributed by atoms with Crippen molar-refractivity contribution in [3.05, 3.63) is 28.8 Å². The first-order valence-electron chi connectivity index (χ1n) is 7.55. The van der Waals surface area contributed by atoms with Crippen LogP contribution in [0.5, 0.6) is 0 Å². The minimum Gasteiger partial charge on any atom is -0.325 e. The van der Waals surface area contributed by atoms with Crippen molar-refractivity contribution >= 4 is 58.1 Å². The molecular weight excluding hydrogens is 382 g/mol. The number of anilines is 1. The Morgan fingerprint density at radius 3 is 2.71 bits per heavy atom. The first-order chi connectivity index (χ1) is 11.3. The number of carbonyl (C=O) groups excluding carboxylic acids is 1. The number of halogens is 1. The zero-order chi connectivity index (χ0) is 17.7. The van der Waals surface area contributed by atoms with Crippen molar-refractivity contribution in [1.82, 2.24) is 10.2 Å². The Hall–Kier alpha value is -0.760. The highest BCUT2D eigenvalue weighted by atomic mass is 35.5. The van der Waals surface area contributed by atoms with Crippen LogP contribution >= 0.6 is 46.5 Å². The maximum Gasteiger partial charge on any atom is 0.237 e. The number of aromatic nitrogens is 2. The van der Waals surface area contributed by atoms with E-state index in [-0.39, 0.29) is 11.2 Å². The number of hydrogen-bond donors (Lipinski definition) is 1. The Labute approximate surface area is 160 Å². The van der Waals surface area contributed by atoms with E-state index in [0.717, 1.165) is 25.7 Å². The molecule has 130 valence electrons. The standard InChI is InChI=1S/C16H20ClN3OS3/c1-9(2)8-22-15-19-20-16(24-15)23-11(4)14(21)18-13-7-12(17)6-5-10(13)3/h5-7,9,11H,8H2,1-4H3,(H,18,21)/t11-/m0/s1. The summed E-state index contributed by atoms with van der Waals surface area (Å²) in [6.07, 6.45) is 0. The summed E-state index contributed by atoms with van der Waals surface area (Å²) in [4.78, 5) is 12.4. The predicted molar refractivity (Wildman–Crippen MR) is 106 cm³/mol. The second kappa shape index (κ2) is 9.08. The van der Waals surface area contributed by atoms with Crippen LogP contribution in [0, 0.1) is 12.8 Å². The van der Waals surface area contributed by atoms with Crippen molar-refractivity contribution in [1.29, 1.82) is 0 Å². The monoisotopic (exact) mass is 401 g/mol. The van der Waals surface area contributed by atoms with E-state index in [2.05, 4.69) is 29.4 Å². The summed E-state index contributed by atoms with van der Waals surface area (Å²) in [5.74, 6) is 1.56. The Bertz CT molecular complexity index is 706. The van der Waals surface area contributed by atoms with Crippen LogP contribution in [-0.2, 0) is 4.79 Å². The van der Waals surface area contributed by atoms with Gasteiger partial charge in [-0.25, -0.2) is 0 Å². The fourth-order valence-electron chi connectivity index (χ4n) is 1.71. The summed E-state index contributed by atoms with van der Waals surface area (Å²) in [5.41, 5.74) is 1.72. The van der Waals surface area contributed by atoms with Gasteiger partial charge in [-0.05, 0) is 37.5 Å². The topological polar surface area (TPSA) is 54.9 Å². The van der Waals surface area contributed by atoms with Gasteiger partial charge in [-0.2, -0.15) is 0 Å². The molecule has 1 amide bonds. The predicted octanol–water partition coefficient (Wildman–Crippen LogP) is 5.37. The molecule has 2 rings (SSSR count). The van der Waals surface area contributed by atoms with Crippen molar-refractivity contribution in [3.8, 4) is 0 Å². The normalized spacial score (nSPS) is 12.4. The lowest BCUT2D eigenvalue weighted by atomic mass is 10.2. The summed E-state index contributed by atoms with van der Waals surface area (Å²) in [6.45, 7) is 8.15. The quantitative estimate of drug-likeness (QED) is 0.632. The largest absolute Gasteiger partial charge is 0.325 e. The van der Waals surface area contributed by atoms with Crippen LogP contribution < -0.4 is 5.32 Å². The molecule has 0 saturated heterocycles. The maximum absolute atomic E-state index is 12.4. The van der Waals surface area contributed by atoms with Crippen molar-refractivity contribution in [2.45, 2.75) is 41.6 Å². The molecule has 2 aromatic rings. The van der Waals surface area contributed by atoms with Gasteiger partial charge >= 0.3 is 0 Å². The highest BCUT2D eigenvalue weighted by Crippen LogP contribution is 2.32. The Morgan fingerprint density at radius 1 is 1.29 bits per heavy atom. The lowest BCUT2D eigenvalue weighted by Crippen LogP contribution is -2.22. The average Bonchev–Trinajstić information content (AvgIpc) is 2.96. The molecule has 0 unspecified atom stereocenters. The first-order valence-corrected chi connectivity index (χ1v) is 10.6. The lowest BCUT2D eigenvalue weighted by Gasteiger charge is -2.12. The zero-order valence-corrected chi connectivity index (χ0v) is 17.2. The van der Waals surface area contributed by atoms with Crippen LogP contribution in [0.1, 0.15) is 26.3 Å². The van der Waals surface area contributed by atoms with Crippen LogP contribution in [0.2, 0.25) is 5.02 Å². The van der Waals surface area contributed by atoms with Crippen LogP contribution in [0.3, 0.4) is 0 Å². The number of rotatable bonds is 7. The molecule has 0 fully saturated rings. The number of carbonyl (C=O) groups is 1. The zero-order valence-electron chi connectivity index (χ0n) is 14.0. The molecule has 1 atom stereocenters. The molecule has 0 spiro atoms. The molecule has 8 heteroatoms. The van der Waals surface area contributed by atoms with Crippen LogP contribution in [0.15, 0.2) is 26.9 Å². The number of nitrogens with one attached hydrogen (secondary N) is 1. The fraction of sp³-hybridized carbons (Fsp3) is 0.438. The van der Waals surface area contributed by atoms with E-state index in [1.165, 1.54) is 23.1 Å². The second-order valence-corrected chi connectivity index (χ2v) is 10.0. The average molecular weight is 402 g/mol. The van der Waals surface area contributed by atoms with Gasteiger partial charge in [0, 0.05) is 16.5 Å². The molecular formula is C16H20ClN3OS3. The van der Waals surface area contributed by atoms with Gasteiger partial charge in [0.25, 0.3) is 0 Å². The van der Waals surface area contributed by atoms with E-state index in [0.29, 0.717) is 10.9 Å². The number of thioether (sulfide) groups is 2. The van der Waals surface area contributed by atoms with Gasteiger partial charge in [-0.15, -0.1) is 10.2 Å². The molecule has 4 nitrogen and oxygen atoms in total. The molecule has 0 aliphatic carbocycles. The Balaban J connectivity index is 1.93.